The zero-order chi connectivity index (χ0) is 19.8. The average molecular weight is 399 g/mol. The summed E-state index contributed by atoms with van der Waals surface area (Å²) in [6.07, 6.45) is 8.79. The lowest BCUT2D eigenvalue weighted by Gasteiger charge is -2.62. The van der Waals surface area contributed by atoms with Gasteiger partial charge in [-0.25, -0.2) is 0 Å². The molecule has 0 aromatic carbocycles. The van der Waals surface area contributed by atoms with Crippen molar-refractivity contribution in [2.75, 3.05) is 32.9 Å². The van der Waals surface area contributed by atoms with Crippen LogP contribution in [0.5, 0.6) is 0 Å². The van der Waals surface area contributed by atoms with Crippen molar-refractivity contribution >= 4 is 11.8 Å². The number of aromatic nitrogens is 1. The van der Waals surface area contributed by atoms with Crippen LogP contribution in [0.3, 0.4) is 0 Å². The molecule has 4 aliphatic rings. The van der Waals surface area contributed by atoms with Crippen molar-refractivity contribution in [2.45, 2.75) is 56.2 Å². The van der Waals surface area contributed by atoms with Crippen molar-refractivity contribution < 1.29 is 19.1 Å². The molecule has 1 atom stereocenters. The molecule has 3 saturated heterocycles. The molecule has 1 spiro atoms. The zero-order valence-electron chi connectivity index (χ0n) is 16.8. The number of carbonyl (C=O) groups excluding carboxylic acids is 2. The molecule has 4 heterocycles. The Morgan fingerprint density at radius 3 is 2.48 bits per heavy atom. The fourth-order valence-electron chi connectivity index (χ4n) is 5.15. The molecular formula is C22H29N3O4. The van der Waals surface area contributed by atoms with Crippen LogP contribution in [0.15, 0.2) is 24.5 Å². The van der Waals surface area contributed by atoms with Gasteiger partial charge in [0.2, 0.25) is 0 Å². The van der Waals surface area contributed by atoms with E-state index in [0.717, 1.165) is 25.7 Å². The number of carbonyl (C=O) groups is 2. The number of hydrogen-bond acceptors (Lipinski definition) is 5. The summed E-state index contributed by atoms with van der Waals surface area (Å²) >= 11 is 0. The molecule has 0 radical (unpaired) electrons. The highest BCUT2D eigenvalue weighted by atomic mass is 16.5. The third kappa shape index (κ3) is 3.44. The van der Waals surface area contributed by atoms with Gasteiger partial charge in [-0.05, 0) is 56.6 Å². The van der Waals surface area contributed by atoms with Crippen molar-refractivity contribution in [1.82, 2.24) is 14.8 Å². The lowest BCUT2D eigenvalue weighted by Crippen LogP contribution is -2.79. The molecule has 2 amide bonds. The second kappa shape index (κ2) is 7.69. The fourth-order valence-corrected chi connectivity index (χ4v) is 5.15. The van der Waals surface area contributed by atoms with Crippen LogP contribution < -0.4 is 0 Å². The monoisotopic (exact) mass is 399 g/mol. The molecule has 1 aromatic heterocycles. The maximum atomic E-state index is 13.1. The number of piperidine rings is 1. The van der Waals surface area contributed by atoms with Crippen LogP contribution in [0.25, 0.3) is 0 Å². The van der Waals surface area contributed by atoms with Gasteiger partial charge >= 0.3 is 0 Å². The summed E-state index contributed by atoms with van der Waals surface area (Å²) in [5.74, 6) is 0.842. The Labute approximate surface area is 171 Å². The first-order valence-corrected chi connectivity index (χ1v) is 10.9. The minimum Gasteiger partial charge on any atom is -0.381 e. The molecule has 0 bridgehead atoms. The highest BCUT2D eigenvalue weighted by Crippen LogP contribution is 2.46. The summed E-state index contributed by atoms with van der Waals surface area (Å²) in [5.41, 5.74) is 0.472. The van der Waals surface area contributed by atoms with Crippen LogP contribution in [0.2, 0.25) is 0 Å². The van der Waals surface area contributed by atoms with Gasteiger partial charge in [-0.15, -0.1) is 0 Å². The van der Waals surface area contributed by atoms with E-state index in [-0.39, 0.29) is 29.5 Å². The summed E-state index contributed by atoms with van der Waals surface area (Å²) in [6.45, 7) is 3.44. The Balaban J connectivity index is 1.24. The standard InChI is InChI=1S/C22H29N3O4/c26-20(17-3-9-23-10-4-17)24-11-5-18(6-12-24)25-21(27)19(29-15-16-1-2-16)22(25)7-13-28-14-8-22/h3-4,9-10,16,18-19H,1-2,5-8,11-15H2. The molecule has 4 fully saturated rings. The molecule has 156 valence electrons. The number of rotatable bonds is 5. The van der Waals surface area contributed by atoms with Gasteiger partial charge in [-0.2, -0.15) is 0 Å². The summed E-state index contributed by atoms with van der Waals surface area (Å²) in [4.78, 5) is 33.8. The van der Waals surface area contributed by atoms with Gasteiger partial charge in [0.05, 0.1) is 12.1 Å². The van der Waals surface area contributed by atoms with Crippen LogP contribution in [0.4, 0.5) is 0 Å². The first-order valence-electron chi connectivity index (χ1n) is 10.9. The summed E-state index contributed by atoms with van der Waals surface area (Å²) in [5, 5.41) is 0. The molecule has 1 aromatic rings. The minimum atomic E-state index is -0.302. The second-order valence-corrected chi connectivity index (χ2v) is 8.84. The number of pyridine rings is 1. The van der Waals surface area contributed by atoms with Crippen molar-refractivity contribution in [3.05, 3.63) is 30.1 Å². The SMILES string of the molecule is O=C(c1ccncc1)N1CCC(N2C(=O)C(OCC3CC3)C23CCOCC3)CC1. The van der Waals surface area contributed by atoms with E-state index in [1.807, 2.05) is 4.90 Å². The van der Waals surface area contributed by atoms with Gasteiger partial charge < -0.3 is 19.3 Å². The van der Waals surface area contributed by atoms with Crippen molar-refractivity contribution in [1.29, 1.82) is 0 Å². The second-order valence-electron chi connectivity index (χ2n) is 8.84. The van der Waals surface area contributed by atoms with Crippen molar-refractivity contribution in [2.24, 2.45) is 5.92 Å². The van der Waals surface area contributed by atoms with E-state index < -0.39 is 0 Å². The van der Waals surface area contributed by atoms with E-state index in [0.29, 0.717) is 44.4 Å². The predicted octanol–water partition coefficient (Wildman–Crippen LogP) is 1.87. The number of amides is 2. The molecule has 5 rings (SSSR count). The molecule has 7 heteroatoms. The minimum absolute atomic E-state index is 0.0483. The van der Waals surface area contributed by atoms with Crippen LogP contribution in [-0.4, -0.2) is 77.2 Å². The topological polar surface area (TPSA) is 72.0 Å². The lowest BCUT2D eigenvalue weighted by molar-refractivity contribution is -0.219. The van der Waals surface area contributed by atoms with E-state index in [2.05, 4.69) is 9.88 Å². The molecule has 0 N–H and O–H groups in total. The summed E-state index contributed by atoms with van der Waals surface area (Å²) in [7, 11) is 0. The van der Waals surface area contributed by atoms with E-state index in [1.54, 1.807) is 24.5 Å². The number of nitrogens with zero attached hydrogens (tertiary/aromatic N) is 3. The number of ether oxygens (including phenoxy) is 2. The smallest absolute Gasteiger partial charge is 0.254 e. The van der Waals surface area contributed by atoms with Crippen LogP contribution >= 0.6 is 0 Å². The summed E-state index contributed by atoms with van der Waals surface area (Å²) in [6, 6.07) is 3.70. The Morgan fingerprint density at radius 2 is 1.83 bits per heavy atom. The largest absolute Gasteiger partial charge is 0.381 e. The molecule has 1 aliphatic carbocycles. The number of likely N-dealkylation sites (tertiary alicyclic amines) is 2. The first-order chi connectivity index (χ1) is 14.2. The fraction of sp³-hybridized carbons (Fsp3) is 0.682. The van der Waals surface area contributed by atoms with Gasteiger partial charge in [0, 0.05) is 50.3 Å². The quantitative estimate of drug-likeness (QED) is 0.707. The third-order valence-corrected chi connectivity index (χ3v) is 7.03. The molecule has 29 heavy (non-hydrogen) atoms. The molecule has 1 saturated carbocycles. The Kier molecular flexibility index (Phi) is 5.04. The maximum Gasteiger partial charge on any atom is 0.254 e. The van der Waals surface area contributed by atoms with E-state index in [9.17, 15) is 9.59 Å². The molecule has 1 unspecified atom stereocenters. The number of β-lactam (4-membered cyclic amide) rings is 1. The van der Waals surface area contributed by atoms with Gasteiger partial charge in [0.1, 0.15) is 0 Å². The van der Waals surface area contributed by atoms with E-state index in [1.165, 1.54) is 12.8 Å². The lowest BCUT2D eigenvalue weighted by atomic mass is 9.72. The van der Waals surface area contributed by atoms with Gasteiger partial charge in [0.15, 0.2) is 6.10 Å². The van der Waals surface area contributed by atoms with E-state index >= 15 is 0 Å². The van der Waals surface area contributed by atoms with Crippen LogP contribution in [0.1, 0.15) is 48.9 Å². The van der Waals surface area contributed by atoms with Crippen molar-refractivity contribution in [3.63, 3.8) is 0 Å². The predicted molar refractivity (Wildman–Crippen MR) is 105 cm³/mol. The Bertz CT molecular complexity index is 753. The highest BCUT2D eigenvalue weighted by Gasteiger charge is 2.63. The van der Waals surface area contributed by atoms with Crippen LogP contribution in [0, 0.1) is 5.92 Å². The van der Waals surface area contributed by atoms with Crippen LogP contribution in [-0.2, 0) is 14.3 Å². The Morgan fingerprint density at radius 1 is 1.14 bits per heavy atom. The number of hydrogen-bond donors (Lipinski definition) is 0. The van der Waals surface area contributed by atoms with Gasteiger partial charge in [-0.1, -0.05) is 0 Å². The summed E-state index contributed by atoms with van der Waals surface area (Å²) < 4.78 is 11.7. The normalized spacial score (nSPS) is 27.2. The highest BCUT2D eigenvalue weighted by molar-refractivity contribution is 5.94. The average Bonchev–Trinajstić information content (AvgIpc) is 3.60. The van der Waals surface area contributed by atoms with Gasteiger partial charge in [0.25, 0.3) is 11.8 Å². The molecular weight excluding hydrogens is 370 g/mol. The zero-order valence-corrected chi connectivity index (χ0v) is 16.8. The van der Waals surface area contributed by atoms with E-state index in [4.69, 9.17) is 9.47 Å². The first kappa shape index (κ1) is 19.0. The van der Waals surface area contributed by atoms with Crippen molar-refractivity contribution in [3.8, 4) is 0 Å². The van der Waals surface area contributed by atoms with Gasteiger partial charge in [-0.3, -0.25) is 14.6 Å². The maximum absolute atomic E-state index is 13.1. The molecule has 7 nitrogen and oxygen atoms in total. The Hall–Kier alpha value is -1.99. The third-order valence-electron chi connectivity index (χ3n) is 7.03. The molecule has 3 aliphatic heterocycles.